The van der Waals surface area contributed by atoms with Crippen LogP contribution in [-0.2, 0) is 0 Å². The van der Waals surface area contributed by atoms with Gasteiger partial charge in [-0.25, -0.2) is 0 Å². The monoisotopic (exact) mass is 825 g/mol. The third kappa shape index (κ3) is 5.90. The van der Waals surface area contributed by atoms with Crippen molar-refractivity contribution in [3.63, 3.8) is 0 Å². The Morgan fingerprint density at radius 1 is 0.308 bits per heavy atom. The maximum atomic E-state index is 6.89. The zero-order chi connectivity index (χ0) is 42.8. The molecule has 0 aliphatic rings. The molecule has 65 heavy (non-hydrogen) atoms. The molecule has 0 unspecified atom stereocenters. The summed E-state index contributed by atoms with van der Waals surface area (Å²) in [6.45, 7) is -0.0251. The second kappa shape index (κ2) is 15.2. The highest BCUT2D eigenvalue weighted by molar-refractivity contribution is 6.97. The van der Waals surface area contributed by atoms with Gasteiger partial charge in [0, 0.05) is 27.1 Å². The van der Waals surface area contributed by atoms with Crippen molar-refractivity contribution in [3.8, 4) is 22.3 Å². The maximum absolute atomic E-state index is 6.89. The Labute approximate surface area is 377 Å². The van der Waals surface area contributed by atoms with Crippen LogP contribution in [0.1, 0.15) is 0 Å². The normalized spacial score (nSPS) is 11.7. The Kier molecular flexibility index (Phi) is 8.67. The molecule has 0 amide bonds. The fourth-order valence-corrected chi connectivity index (χ4v) is 10.8. The highest BCUT2D eigenvalue weighted by Crippen LogP contribution is 2.51. The lowest BCUT2D eigenvalue weighted by molar-refractivity contribution is 0.669. The van der Waals surface area contributed by atoms with E-state index in [1.54, 1.807) is 0 Å². The Bertz CT molecular complexity index is 3900. The van der Waals surface area contributed by atoms with Gasteiger partial charge in [-0.1, -0.05) is 235 Å². The molecular formula is C62H40BNO. The van der Waals surface area contributed by atoms with E-state index < -0.39 is 0 Å². The summed E-state index contributed by atoms with van der Waals surface area (Å²) >= 11 is 0. The van der Waals surface area contributed by atoms with Gasteiger partial charge in [0.25, 0.3) is 0 Å². The summed E-state index contributed by atoms with van der Waals surface area (Å²) in [4.78, 5) is 2.47. The molecule has 2 nitrogen and oxygen atoms in total. The van der Waals surface area contributed by atoms with Crippen LogP contribution in [0.3, 0.4) is 0 Å². The van der Waals surface area contributed by atoms with Gasteiger partial charge in [0.2, 0.25) is 6.71 Å². The van der Waals surface area contributed by atoms with Crippen LogP contribution in [0.2, 0.25) is 0 Å². The summed E-state index contributed by atoms with van der Waals surface area (Å²) in [5.74, 6) is 0. The number of rotatable bonds is 8. The van der Waals surface area contributed by atoms with Crippen molar-refractivity contribution in [2.24, 2.45) is 0 Å². The molecule has 302 valence electrons. The van der Waals surface area contributed by atoms with E-state index in [0.29, 0.717) is 0 Å². The molecule has 0 aliphatic carbocycles. The third-order valence-corrected chi connectivity index (χ3v) is 13.6. The minimum absolute atomic E-state index is 0.0251. The Balaban J connectivity index is 1.15. The minimum Gasteiger partial charge on any atom is -0.454 e. The SMILES string of the molecule is c1ccc(B(c2ccccc2-c2ccccc2)c2ccc3c4ccccc4c4c(N(c5ccccc5-c5ccccc5)c5cccc6c5oc5ccccc56)ccc5ccc2c3c54)cc1. The van der Waals surface area contributed by atoms with E-state index in [9.17, 15) is 0 Å². The predicted octanol–water partition coefficient (Wildman–Crippen LogP) is 15.0. The molecule has 13 aromatic rings. The first-order valence-electron chi connectivity index (χ1n) is 22.5. The number of fused-ring (bicyclic) bond motifs is 6. The van der Waals surface area contributed by atoms with Gasteiger partial charge >= 0.3 is 0 Å². The average molecular weight is 826 g/mol. The van der Waals surface area contributed by atoms with Gasteiger partial charge in [0.05, 0.1) is 17.1 Å². The summed E-state index contributed by atoms with van der Waals surface area (Å²) in [5, 5.41) is 12.1. The minimum atomic E-state index is -0.0251. The van der Waals surface area contributed by atoms with E-state index in [1.165, 1.54) is 70.6 Å². The lowest BCUT2D eigenvalue weighted by Crippen LogP contribution is -2.52. The summed E-state index contributed by atoms with van der Waals surface area (Å²) in [6, 6.07) is 88.5. The molecule has 1 heterocycles. The molecule has 0 saturated heterocycles. The highest BCUT2D eigenvalue weighted by atomic mass is 16.3. The van der Waals surface area contributed by atoms with Gasteiger partial charge in [-0.05, 0) is 73.3 Å². The maximum Gasteiger partial charge on any atom is 0.242 e. The van der Waals surface area contributed by atoms with Crippen molar-refractivity contribution in [1.82, 2.24) is 0 Å². The molecule has 0 aliphatic heterocycles. The number of furan rings is 1. The van der Waals surface area contributed by atoms with Crippen LogP contribution >= 0.6 is 0 Å². The number of anilines is 3. The molecule has 12 aromatic carbocycles. The summed E-state index contributed by atoms with van der Waals surface area (Å²) < 4.78 is 6.89. The molecule has 0 spiro atoms. The van der Waals surface area contributed by atoms with Gasteiger partial charge in [-0.15, -0.1) is 0 Å². The first-order valence-corrected chi connectivity index (χ1v) is 22.5. The van der Waals surface area contributed by atoms with Crippen molar-refractivity contribution in [2.45, 2.75) is 0 Å². The molecule has 0 fully saturated rings. The van der Waals surface area contributed by atoms with Crippen LogP contribution in [0.4, 0.5) is 17.1 Å². The Hall–Kier alpha value is -8.40. The van der Waals surface area contributed by atoms with Crippen LogP contribution in [-0.4, -0.2) is 6.71 Å². The van der Waals surface area contributed by atoms with Crippen LogP contribution in [0.25, 0.3) is 87.3 Å². The number of hydrogen-bond donors (Lipinski definition) is 0. The van der Waals surface area contributed by atoms with Gasteiger partial charge in [-0.3, -0.25) is 0 Å². The van der Waals surface area contributed by atoms with Crippen molar-refractivity contribution in [2.75, 3.05) is 4.90 Å². The predicted molar refractivity (Wildman–Crippen MR) is 278 cm³/mol. The Morgan fingerprint density at radius 2 is 0.877 bits per heavy atom. The number of nitrogens with zero attached hydrogens (tertiary/aromatic N) is 1. The van der Waals surface area contributed by atoms with Crippen molar-refractivity contribution in [3.05, 3.63) is 243 Å². The van der Waals surface area contributed by atoms with E-state index in [0.717, 1.165) is 50.1 Å². The molecule has 0 atom stereocenters. The van der Waals surface area contributed by atoms with Crippen molar-refractivity contribution >= 4 is 105 Å². The van der Waals surface area contributed by atoms with Gasteiger partial charge in [0.1, 0.15) is 5.58 Å². The van der Waals surface area contributed by atoms with E-state index in [4.69, 9.17) is 4.42 Å². The largest absolute Gasteiger partial charge is 0.454 e. The quantitative estimate of drug-likeness (QED) is 0.0862. The summed E-state index contributed by atoms with van der Waals surface area (Å²) in [6.07, 6.45) is 0. The molecule has 3 heteroatoms. The van der Waals surface area contributed by atoms with Crippen LogP contribution in [0.5, 0.6) is 0 Å². The van der Waals surface area contributed by atoms with E-state index in [2.05, 4.69) is 248 Å². The highest BCUT2D eigenvalue weighted by Gasteiger charge is 2.30. The van der Waals surface area contributed by atoms with Crippen LogP contribution in [0, 0.1) is 0 Å². The summed E-state index contributed by atoms with van der Waals surface area (Å²) in [7, 11) is 0. The fourth-order valence-electron chi connectivity index (χ4n) is 10.8. The van der Waals surface area contributed by atoms with Crippen molar-refractivity contribution < 1.29 is 4.42 Å². The topological polar surface area (TPSA) is 16.4 Å². The van der Waals surface area contributed by atoms with Gasteiger partial charge in [0.15, 0.2) is 5.58 Å². The van der Waals surface area contributed by atoms with Crippen LogP contribution < -0.4 is 21.3 Å². The second-order valence-electron chi connectivity index (χ2n) is 17.1. The lowest BCUT2D eigenvalue weighted by atomic mass is 9.35. The molecule has 1 aromatic heterocycles. The summed E-state index contributed by atoms with van der Waals surface area (Å²) in [5.41, 5.74) is 13.5. The second-order valence-corrected chi connectivity index (χ2v) is 17.1. The molecule has 13 rings (SSSR count). The average Bonchev–Trinajstić information content (AvgIpc) is 3.77. The zero-order valence-electron chi connectivity index (χ0n) is 35.5. The van der Waals surface area contributed by atoms with Crippen molar-refractivity contribution in [1.29, 1.82) is 0 Å². The van der Waals surface area contributed by atoms with Gasteiger partial charge in [-0.2, -0.15) is 0 Å². The van der Waals surface area contributed by atoms with E-state index in [1.807, 2.05) is 0 Å². The molecule has 0 bridgehead atoms. The number of para-hydroxylation sites is 3. The zero-order valence-corrected chi connectivity index (χ0v) is 35.5. The van der Waals surface area contributed by atoms with Crippen LogP contribution in [0.15, 0.2) is 247 Å². The lowest BCUT2D eigenvalue weighted by Gasteiger charge is -2.30. The fraction of sp³-hybridized carbons (Fsp3) is 0. The molecule has 0 saturated carbocycles. The van der Waals surface area contributed by atoms with Gasteiger partial charge < -0.3 is 9.32 Å². The molecule has 0 radical (unpaired) electrons. The van der Waals surface area contributed by atoms with E-state index >= 15 is 0 Å². The number of hydrogen-bond acceptors (Lipinski definition) is 2. The van der Waals surface area contributed by atoms with E-state index in [-0.39, 0.29) is 6.71 Å². The smallest absolute Gasteiger partial charge is 0.242 e. The molecular weight excluding hydrogens is 785 g/mol. The first kappa shape index (κ1) is 37.2. The first-order chi connectivity index (χ1) is 32.3. The Morgan fingerprint density at radius 3 is 1.68 bits per heavy atom. The third-order valence-electron chi connectivity index (χ3n) is 13.6. The standard InChI is InChI=1S/C62H40BNO/c1-4-19-41(20-5-1)45-25-12-15-31-53(45)63(44-23-8-3-9-24-44)54-39-38-50-47-27-10-11-29-49(47)61-56(40-36-43-35-37-52(54)60(50)59(43)61)64(55-32-16-13-26-46(55)42-21-6-2-7-22-42)57-33-18-30-51-48-28-14-17-34-58(48)65-62(51)57/h1-40H. The number of benzene rings is 12. The molecule has 0 N–H and O–H groups in total.